The topological polar surface area (TPSA) is 39.8 Å². The molecule has 3 nitrogen and oxygen atoms in total. The Morgan fingerprint density at radius 3 is 2.88 bits per heavy atom. The zero-order valence-corrected chi connectivity index (χ0v) is 3.91. The summed E-state index contributed by atoms with van der Waals surface area (Å²) in [6, 6.07) is 1.36. The second-order valence-electron chi connectivity index (χ2n) is 1.21. The van der Waals surface area contributed by atoms with Crippen molar-refractivity contribution in [1.29, 1.82) is 0 Å². The highest BCUT2D eigenvalue weighted by Gasteiger charge is 1.98. The Hall–Kier alpha value is -1.19. The lowest BCUT2D eigenvalue weighted by Gasteiger charge is -1.94. The Morgan fingerprint density at radius 2 is 2.50 bits per heavy atom. The van der Waals surface area contributed by atoms with E-state index in [0.717, 1.165) is 6.20 Å². The molecule has 0 saturated heterocycles. The van der Waals surface area contributed by atoms with Gasteiger partial charge in [0, 0.05) is 6.07 Å². The second-order valence-corrected chi connectivity index (χ2v) is 1.21. The van der Waals surface area contributed by atoms with Gasteiger partial charge in [-0.25, -0.2) is 4.73 Å². The maximum Gasteiger partial charge on any atom is 0.491 e. The van der Waals surface area contributed by atoms with Gasteiger partial charge in [0.1, 0.15) is 6.20 Å². The number of hydrogen-bond donors (Lipinski definition) is 0. The molecule has 0 unspecified atom stereocenters. The molecule has 0 aliphatic rings. The van der Waals surface area contributed by atoms with Crippen LogP contribution >= 0.6 is 0 Å². The van der Waals surface area contributed by atoms with Crippen LogP contribution < -0.4 is 4.73 Å². The Morgan fingerprint density at radius 1 is 1.75 bits per heavy atom. The first kappa shape index (κ1) is 4.96. The summed E-state index contributed by atoms with van der Waals surface area (Å²) in [6.07, 6.45) is 1.24. The minimum atomic E-state index is -1.02. The average molecular weight is 114 g/mol. The van der Waals surface area contributed by atoms with Crippen LogP contribution in [0.25, 0.3) is 0 Å². The molecule has 0 fully saturated rings. The van der Waals surface area contributed by atoms with Gasteiger partial charge in [0.25, 0.3) is 0 Å². The number of nitrogens with zero attached hydrogens (tertiary/aromatic N) is 2. The molecule has 0 saturated carbocycles. The maximum absolute atomic E-state index is 11.9. The molecule has 0 amide bonds. The number of halogens is 1. The Kier molecular flexibility index (Phi) is 1.07. The van der Waals surface area contributed by atoms with Crippen molar-refractivity contribution in [3.05, 3.63) is 29.7 Å². The second kappa shape index (κ2) is 1.73. The lowest BCUT2D eigenvalue weighted by molar-refractivity contribution is -0.641. The van der Waals surface area contributed by atoms with E-state index in [4.69, 9.17) is 0 Å². The summed E-state index contributed by atoms with van der Waals surface area (Å²) >= 11 is 0. The SMILES string of the molecule is [O-][n+]1cccnc1F. The van der Waals surface area contributed by atoms with Gasteiger partial charge in [0.2, 0.25) is 0 Å². The highest BCUT2D eigenvalue weighted by Crippen LogP contribution is 1.76. The lowest BCUT2D eigenvalue weighted by atomic mass is 10.7. The zero-order valence-electron chi connectivity index (χ0n) is 3.91. The summed E-state index contributed by atoms with van der Waals surface area (Å²) in [7, 11) is 0. The third kappa shape index (κ3) is 0.726. The smallest absolute Gasteiger partial charge is 0.491 e. The molecule has 0 bridgehead atoms. The molecule has 0 N–H and O–H groups in total. The molecule has 0 atom stereocenters. The number of aromatic nitrogens is 2. The minimum absolute atomic E-state index is 0.0556. The molecule has 4 heteroatoms. The summed E-state index contributed by atoms with van der Waals surface area (Å²) in [5.41, 5.74) is 0. The first-order valence-electron chi connectivity index (χ1n) is 2.00. The molecular formula is C4H3FN2O. The van der Waals surface area contributed by atoms with Gasteiger partial charge in [-0.2, -0.15) is 0 Å². The average Bonchev–Trinajstić information content (AvgIpc) is 1.77. The van der Waals surface area contributed by atoms with Crippen molar-refractivity contribution in [3.63, 3.8) is 0 Å². The van der Waals surface area contributed by atoms with Crippen molar-refractivity contribution in [2.75, 3.05) is 0 Å². The van der Waals surface area contributed by atoms with Gasteiger partial charge in [-0.1, -0.05) is 0 Å². The van der Waals surface area contributed by atoms with Gasteiger partial charge in [0.05, 0.1) is 6.20 Å². The third-order valence-corrected chi connectivity index (χ3v) is 0.670. The van der Waals surface area contributed by atoms with Crippen LogP contribution in [0.3, 0.4) is 0 Å². The molecule has 0 aromatic carbocycles. The van der Waals surface area contributed by atoms with E-state index >= 15 is 0 Å². The molecule has 0 aliphatic carbocycles. The van der Waals surface area contributed by atoms with Crippen LogP contribution in [-0.2, 0) is 0 Å². The minimum Gasteiger partial charge on any atom is -0.709 e. The molecule has 0 radical (unpaired) electrons. The van der Waals surface area contributed by atoms with Crippen LogP contribution in [0.1, 0.15) is 0 Å². The Labute approximate surface area is 45.0 Å². The van der Waals surface area contributed by atoms with Gasteiger partial charge in [-0.3, -0.25) is 0 Å². The molecule has 0 spiro atoms. The first-order chi connectivity index (χ1) is 3.80. The predicted molar refractivity (Wildman–Crippen MR) is 23.2 cm³/mol. The normalized spacial score (nSPS) is 9.12. The maximum atomic E-state index is 11.9. The van der Waals surface area contributed by atoms with E-state index in [1.54, 1.807) is 0 Å². The zero-order chi connectivity index (χ0) is 5.98. The van der Waals surface area contributed by atoms with Gasteiger partial charge in [-0.15, -0.1) is 4.39 Å². The summed E-state index contributed by atoms with van der Waals surface area (Å²) < 4.78 is 11.9. The fourth-order valence-electron chi connectivity index (χ4n) is 0.340. The third-order valence-electron chi connectivity index (χ3n) is 0.670. The van der Waals surface area contributed by atoms with E-state index in [9.17, 15) is 9.60 Å². The largest absolute Gasteiger partial charge is 0.709 e. The molecule has 1 aromatic heterocycles. The Bertz CT molecular complexity index is 170. The standard InChI is InChI=1S/C4H3FN2O/c5-4-6-2-1-3-7(4)8/h1-3H. The van der Waals surface area contributed by atoms with E-state index in [-0.39, 0.29) is 4.73 Å². The van der Waals surface area contributed by atoms with Crippen LogP contribution in [-0.4, -0.2) is 4.98 Å². The van der Waals surface area contributed by atoms with Crippen LogP contribution in [0.5, 0.6) is 0 Å². The van der Waals surface area contributed by atoms with Gasteiger partial charge >= 0.3 is 6.08 Å². The van der Waals surface area contributed by atoms with Crippen molar-refractivity contribution in [1.82, 2.24) is 4.98 Å². The fraction of sp³-hybridized carbons (Fsp3) is 0. The Balaban J connectivity index is 3.13. The van der Waals surface area contributed by atoms with Crippen LogP contribution in [0.4, 0.5) is 4.39 Å². The van der Waals surface area contributed by atoms with E-state index in [2.05, 4.69) is 4.98 Å². The summed E-state index contributed by atoms with van der Waals surface area (Å²) in [5.74, 6) is 0. The summed E-state index contributed by atoms with van der Waals surface area (Å²) in [4.78, 5) is 3.06. The quantitative estimate of drug-likeness (QED) is 0.267. The predicted octanol–water partition coefficient (Wildman–Crippen LogP) is -0.146. The van der Waals surface area contributed by atoms with Gasteiger partial charge in [-0.05, 0) is 4.98 Å². The molecule has 8 heavy (non-hydrogen) atoms. The molecule has 1 rings (SSSR count). The fourth-order valence-corrected chi connectivity index (χ4v) is 0.340. The van der Waals surface area contributed by atoms with Gasteiger partial charge in [0.15, 0.2) is 0 Å². The highest BCUT2D eigenvalue weighted by atomic mass is 19.1. The van der Waals surface area contributed by atoms with Crippen molar-refractivity contribution < 1.29 is 9.12 Å². The van der Waals surface area contributed by atoms with Crippen LogP contribution in [0, 0.1) is 11.3 Å². The highest BCUT2D eigenvalue weighted by molar-refractivity contribution is 4.70. The van der Waals surface area contributed by atoms with Gasteiger partial charge < -0.3 is 5.21 Å². The molecular weight excluding hydrogens is 111 g/mol. The van der Waals surface area contributed by atoms with Crippen molar-refractivity contribution in [2.45, 2.75) is 0 Å². The van der Waals surface area contributed by atoms with Crippen LogP contribution in [0.15, 0.2) is 18.5 Å². The first-order valence-corrected chi connectivity index (χ1v) is 2.00. The molecule has 42 valence electrons. The molecule has 0 aliphatic heterocycles. The van der Waals surface area contributed by atoms with Crippen molar-refractivity contribution in [2.24, 2.45) is 0 Å². The molecule has 1 heterocycles. The lowest BCUT2D eigenvalue weighted by Crippen LogP contribution is -2.31. The molecule has 1 aromatic rings. The van der Waals surface area contributed by atoms with Crippen molar-refractivity contribution >= 4 is 0 Å². The van der Waals surface area contributed by atoms with Crippen LogP contribution in [0.2, 0.25) is 0 Å². The van der Waals surface area contributed by atoms with E-state index in [1.165, 1.54) is 12.3 Å². The van der Waals surface area contributed by atoms with E-state index < -0.39 is 6.08 Å². The number of rotatable bonds is 0. The van der Waals surface area contributed by atoms with E-state index in [0.29, 0.717) is 0 Å². The monoisotopic (exact) mass is 114 g/mol. The summed E-state index contributed by atoms with van der Waals surface area (Å²) in [5, 5.41) is 10.1. The summed E-state index contributed by atoms with van der Waals surface area (Å²) in [6.45, 7) is 0. The van der Waals surface area contributed by atoms with Crippen molar-refractivity contribution in [3.8, 4) is 0 Å². The number of hydrogen-bond acceptors (Lipinski definition) is 2. The van der Waals surface area contributed by atoms with E-state index in [1.807, 2.05) is 0 Å².